The lowest BCUT2D eigenvalue weighted by Gasteiger charge is -2.45. The molecule has 35 heavy (non-hydrogen) atoms. The normalized spacial score (nSPS) is 21.6. The first kappa shape index (κ1) is 28.6. The van der Waals surface area contributed by atoms with Gasteiger partial charge in [0.15, 0.2) is 8.32 Å². The van der Waals surface area contributed by atoms with Crippen molar-refractivity contribution in [2.45, 2.75) is 64.4 Å². The lowest BCUT2D eigenvalue weighted by atomic mass is 9.81. The van der Waals surface area contributed by atoms with Crippen LogP contribution in [0.4, 0.5) is 9.59 Å². The van der Waals surface area contributed by atoms with E-state index in [4.69, 9.17) is 13.9 Å². The Hall–Kier alpha value is -2.66. The summed E-state index contributed by atoms with van der Waals surface area (Å²) in [5.41, 5.74) is 0. The van der Waals surface area contributed by atoms with Crippen LogP contribution in [0.1, 0.15) is 34.1 Å². The molecule has 0 aliphatic carbocycles. The highest BCUT2D eigenvalue weighted by atomic mass is 28.4. The Morgan fingerprint density at radius 3 is 1.97 bits per heavy atom. The molecule has 0 spiro atoms. The molecule has 2 aliphatic heterocycles. The molecule has 0 aromatic rings. The molecule has 196 valence electrons. The average molecular weight is 510 g/mol. The number of β-lactam (4-membered cyclic amide) rings is 1. The second-order valence-electron chi connectivity index (χ2n) is 10.5. The fourth-order valence-electron chi connectivity index (χ4n) is 3.90. The summed E-state index contributed by atoms with van der Waals surface area (Å²) in [6, 6.07) is -0.363. The lowest BCUT2D eigenvalue weighted by molar-refractivity contribution is -0.141. The number of carbonyl (C=O) groups is 4. The van der Waals surface area contributed by atoms with Gasteiger partial charge in [-0.25, -0.2) is 19.6 Å². The molecular formula is C24H39N3O7Si. The first-order valence-electron chi connectivity index (χ1n) is 11.8. The molecule has 2 heterocycles. The molecule has 11 heteroatoms. The minimum Gasteiger partial charge on any atom is -0.444 e. The van der Waals surface area contributed by atoms with Crippen LogP contribution < -0.4 is 5.32 Å². The number of nitrogens with one attached hydrogen (secondary N) is 1. The molecular weight excluding hydrogens is 470 g/mol. The number of carbonyl (C=O) groups excluding carboxylic acids is 4. The van der Waals surface area contributed by atoms with E-state index in [1.165, 1.54) is 12.2 Å². The van der Waals surface area contributed by atoms with Crippen molar-refractivity contribution in [3.8, 4) is 0 Å². The minimum atomic E-state index is -2.10. The molecule has 2 saturated heterocycles. The topological polar surface area (TPSA) is 114 Å². The van der Waals surface area contributed by atoms with Gasteiger partial charge in [0.1, 0.15) is 19.0 Å². The van der Waals surface area contributed by atoms with Crippen molar-refractivity contribution in [3.05, 3.63) is 25.3 Å². The Balaban J connectivity index is 2.07. The molecule has 0 bridgehead atoms. The third-order valence-electron chi connectivity index (χ3n) is 6.88. The second kappa shape index (κ2) is 11.4. The third kappa shape index (κ3) is 6.72. The van der Waals surface area contributed by atoms with Gasteiger partial charge in [0.25, 0.3) is 0 Å². The van der Waals surface area contributed by atoms with E-state index in [-0.39, 0.29) is 61.6 Å². The van der Waals surface area contributed by atoms with E-state index >= 15 is 0 Å². The SMILES string of the molecule is C=CCOC(=O)N1CC(C(=O)C[C@H]2NC(=O)[C@@H]2[C@@H](C)O[Si](C)(C)C(C)(C)C)CN1C(=O)OCC=C. The number of ether oxygens (including phenoxy) is 2. The molecule has 0 aromatic heterocycles. The number of hydrogen-bond acceptors (Lipinski definition) is 7. The molecule has 2 fully saturated rings. The predicted octanol–water partition coefficient (Wildman–Crippen LogP) is 3.26. The van der Waals surface area contributed by atoms with E-state index in [9.17, 15) is 19.2 Å². The van der Waals surface area contributed by atoms with Gasteiger partial charge in [-0.2, -0.15) is 0 Å². The van der Waals surface area contributed by atoms with Gasteiger partial charge in [-0.15, -0.1) is 0 Å². The van der Waals surface area contributed by atoms with Crippen molar-refractivity contribution in [3.63, 3.8) is 0 Å². The van der Waals surface area contributed by atoms with Gasteiger partial charge in [0.2, 0.25) is 5.91 Å². The zero-order valence-corrected chi connectivity index (χ0v) is 22.7. The van der Waals surface area contributed by atoms with Crippen molar-refractivity contribution in [2.24, 2.45) is 11.8 Å². The molecule has 0 radical (unpaired) electrons. The van der Waals surface area contributed by atoms with E-state index in [0.717, 1.165) is 10.0 Å². The van der Waals surface area contributed by atoms with Gasteiger partial charge in [0.05, 0.1) is 31.0 Å². The molecule has 1 N–H and O–H groups in total. The molecule has 2 aliphatic rings. The van der Waals surface area contributed by atoms with Crippen LogP contribution in [0.25, 0.3) is 0 Å². The molecule has 10 nitrogen and oxygen atoms in total. The summed E-state index contributed by atoms with van der Waals surface area (Å²) in [6.45, 7) is 19.4. The molecule has 0 unspecified atom stereocenters. The zero-order valence-electron chi connectivity index (χ0n) is 21.7. The van der Waals surface area contributed by atoms with Gasteiger partial charge in [0, 0.05) is 12.5 Å². The summed E-state index contributed by atoms with van der Waals surface area (Å²) in [7, 11) is -2.10. The number of amides is 3. The average Bonchev–Trinajstić information content (AvgIpc) is 3.19. The Kier molecular flexibility index (Phi) is 9.29. The zero-order chi connectivity index (χ0) is 26.6. The van der Waals surface area contributed by atoms with Crippen LogP contribution in [0.2, 0.25) is 18.1 Å². The number of ketones is 1. The molecule has 0 saturated carbocycles. The molecule has 2 rings (SSSR count). The van der Waals surface area contributed by atoms with Crippen molar-refractivity contribution in [2.75, 3.05) is 26.3 Å². The highest BCUT2D eigenvalue weighted by molar-refractivity contribution is 6.74. The maximum absolute atomic E-state index is 13.2. The van der Waals surface area contributed by atoms with Crippen molar-refractivity contribution in [1.82, 2.24) is 15.3 Å². The maximum atomic E-state index is 13.2. The van der Waals surface area contributed by atoms with Crippen LogP contribution in [0.5, 0.6) is 0 Å². The van der Waals surface area contributed by atoms with Gasteiger partial charge in [-0.05, 0) is 25.1 Å². The second-order valence-corrected chi connectivity index (χ2v) is 15.2. The van der Waals surface area contributed by atoms with E-state index in [1.807, 2.05) is 6.92 Å². The Morgan fingerprint density at radius 1 is 1.09 bits per heavy atom. The first-order chi connectivity index (χ1) is 16.2. The third-order valence-corrected chi connectivity index (χ3v) is 11.5. The van der Waals surface area contributed by atoms with E-state index in [1.54, 1.807) is 0 Å². The minimum absolute atomic E-state index is 0.00994. The number of rotatable bonds is 10. The van der Waals surface area contributed by atoms with E-state index in [2.05, 4.69) is 52.3 Å². The summed E-state index contributed by atoms with van der Waals surface area (Å²) in [5.74, 6) is -1.38. The maximum Gasteiger partial charge on any atom is 0.429 e. The number of Topliss-reactive ketones (excluding diaryl/α,β-unsaturated/α-hetero) is 1. The lowest BCUT2D eigenvalue weighted by Crippen LogP contribution is -2.64. The van der Waals surface area contributed by atoms with Crippen LogP contribution in [0.15, 0.2) is 25.3 Å². The fraction of sp³-hybridized carbons (Fsp3) is 0.667. The predicted molar refractivity (Wildman–Crippen MR) is 133 cm³/mol. The summed E-state index contributed by atoms with van der Waals surface area (Å²) in [6.07, 6.45) is 1.01. The van der Waals surface area contributed by atoms with E-state index < -0.39 is 32.3 Å². The van der Waals surface area contributed by atoms with Crippen LogP contribution in [-0.4, -0.2) is 80.7 Å². The Labute approximate surface area is 208 Å². The summed E-state index contributed by atoms with van der Waals surface area (Å²) >= 11 is 0. The highest BCUT2D eigenvalue weighted by Crippen LogP contribution is 2.39. The summed E-state index contributed by atoms with van der Waals surface area (Å²) in [4.78, 5) is 50.4. The Bertz CT molecular complexity index is 823. The van der Waals surface area contributed by atoms with Gasteiger partial charge in [-0.1, -0.05) is 46.1 Å². The fourth-order valence-corrected chi connectivity index (χ4v) is 5.33. The van der Waals surface area contributed by atoms with Gasteiger partial charge in [-0.3, -0.25) is 9.59 Å². The van der Waals surface area contributed by atoms with Crippen LogP contribution in [0.3, 0.4) is 0 Å². The molecule has 0 aromatic carbocycles. The standard InChI is InChI=1S/C24H39N3O7Si/c1-9-11-32-22(30)26-14-17(15-27(26)23(31)33-12-10-2)19(28)13-18-20(21(29)25-18)16(3)34-35(7,8)24(4,5)6/h9-10,16-18,20H,1-2,11-15H2,3-8H3,(H,25,29)/t16-,18-,20-/m1/s1. The smallest absolute Gasteiger partial charge is 0.429 e. The number of hydrazine groups is 1. The quantitative estimate of drug-likeness (QED) is 0.273. The number of hydrogen-bond donors (Lipinski definition) is 1. The van der Waals surface area contributed by atoms with Crippen LogP contribution >= 0.6 is 0 Å². The monoisotopic (exact) mass is 509 g/mol. The van der Waals surface area contributed by atoms with Crippen molar-refractivity contribution < 1.29 is 33.1 Å². The summed E-state index contributed by atoms with van der Waals surface area (Å²) in [5, 5.41) is 4.94. The van der Waals surface area contributed by atoms with Crippen molar-refractivity contribution in [1.29, 1.82) is 0 Å². The van der Waals surface area contributed by atoms with E-state index in [0.29, 0.717) is 0 Å². The van der Waals surface area contributed by atoms with Crippen molar-refractivity contribution >= 4 is 32.2 Å². The first-order valence-corrected chi connectivity index (χ1v) is 14.8. The highest BCUT2D eigenvalue weighted by Gasteiger charge is 2.49. The molecule has 3 amide bonds. The van der Waals surface area contributed by atoms with Gasteiger partial charge >= 0.3 is 12.2 Å². The Morgan fingerprint density at radius 2 is 1.57 bits per heavy atom. The van der Waals surface area contributed by atoms with Crippen LogP contribution in [-0.2, 0) is 23.5 Å². The summed E-state index contributed by atoms with van der Waals surface area (Å²) < 4.78 is 16.5. The largest absolute Gasteiger partial charge is 0.444 e. The number of nitrogens with zero attached hydrogens (tertiary/aromatic N) is 2. The van der Waals surface area contributed by atoms with Gasteiger partial charge < -0.3 is 19.2 Å². The molecule has 3 atom stereocenters. The van der Waals surface area contributed by atoms with Crippen LogP contribution in [0, 0.1) is 11.8 Å².